The highest BCUT2D eigenvalue weighted by Crippen LogP contribution is 2.51. The van der Waals surface area contributed by atoms with Crippen molar-refractivity contribution in [2.75, 3.05) is 0 Å². The zero-order valence-electron chi connectivity index (χ0n) is 15.6. The van der Waals surface area contributed by atoms with Crippen LogP contribution in [-0.2, 0) is 0 Å². The standard InChI is InChI=1S/C21H33NS/c1-15(2)7-6-8-17(4)18-11-12-21(5,22-14-23)20-10-9-16(3)13-19(18)20/h7,13,17-20H,6,8-12H2,1-5H3/t17-,18-,19-,20+,21+/m1/s1. The summed E-state index contributed by atoms with van der Waals surface area (Å²) in [5.74, 6) is 2.90. The van der Waals surface area contributed by atoms with Gasteiger partial charge in [0.15, 0.2) is 0 Å². The molecule has 1 fully saturated rings. The average Bonchev–Trinajstić information content (AvgIpc) is 2.47. The molecule has 128 valence electrons. The quantitative estimate of drug-likeness (QED) is 0.313. The Balaban J connectivity index is 2.17. The molecule has 0 unspecified atom stereocenters. The van der Waals surface area contributed by atoms with Gasteiger partial charge in [-0.3, -0.25) is 0 Å². The van der Waals surface area contributed by atoms with Crippen molar-refractivity contribution in [1.82, 2.24) is 0 Å². The van der Waals surface area contributed by atoms with E-state index in [1.807, 2.05) is 0 Å². The minimum absolute atomic E-state index is 0.0136. The van der Waals surface area contributed by atoms with Crippen molar-refractivity contribution >= 4 is 17.4 Å². The fourth-order valence-corrected chi connectivity index (χ4v) is 5.05. The van der Waals surface area contributed by atoms with Crippen LogP contribution in [0.1, 0.15) is 73.1 Å². The van der Waals surface area contributed by atoms with Gasteiger partial charge in [-0.2, -0.15) is 0 Å². The predicted molar refractivity (Wildman–Crippen MR) is 104 cm³/mol. The minimum Gasteiger partial charge on any atom is -0.226 e. The molecule has 0 bridgehead atoms. The Kier molecular flexibility index (Phi) is 6.40. The number of thiocarbonyl (C=S) groups is 1. The third kappa shape index (κ3) is 4.43. The molecule has 5 atom stereocenters. The minimum atomic E-state index is 0.0136. The lowest BCUT2D eigenvalue weighted by atomic mass is 9.57. The van der Waals surface area contributed by atoms with E-state index in [1.54, 1.807) is 5.57 Å². The van der Waals surface area contributed by atoms with Crippen LogP contribution in [0.5, 0.6) is 0 Å². The van der Waals surface area contributed by atoms with Gasteiger partial charge in [-0.25, -0.2) is 4.99 Å². The molecule has 0 heterocycles. The molecule has 2 aliphatic rings. The Morgan fingerprint density at radius 1 is 1.48 bits per heavy atom. The fraction of sp³-hybridized carbons (Fsp3) is 0.762. The summed E-state index contributed by atoms with van der Waals surface area (Å²) in [6.45, 7) is 11.5. The van der Waals surface area contributed by atoms with Gasteiger partial charge in [-0.15, -0.1) is 0 Å². The molecule has 0 aromatic heterocycles. The lowest BCUT2D eigenvalue weighted by Gasteiger charge is -2.50. The van der Waals surface area contributed by atoms with Crippen molar-refractivity contribution in [2.24, 2.45) is 28.7 Å². The Bertz CT molecular complexity index is 522. The largest absolute Gasteiger partial charge is 0.226 e. The maximum Gasteiger partial charge on any atom is 0.0716 e. The first kappa shape index (κ1) is 18.6. The summed E-state index contributed by atoms with van der Waals surface area (Å²) in [5.41, 5.74) is 3.03. The highest BCUT2D eigenvalue weighted by atomic mass is 32.1. The second kappa shape index (κ2) is 7.90. The number of hydrogen-bond donors (Lipinski definition) is 0. The zero-order chi connectivity index (χ0) is 17.0. The zero-order valence-corrected chi connectivity index (χ0v) is 16.4. The molecule has 2 rings (SSSR count). The van der Waals surface area contributed by atoms with Crippen LogP contribution in [-0.4, -0.2) is 10.7 Å². The molecule has 2 heteroatoms. The van der Waals surface area contributed by atoms with Crippen molar-refractivity contribution < 1.29 is 0 Å². The summed E-state index contributed by atoms with van der Waals surface area (Å²) in [4.78, 5) is 4.63. The molecule has 1 nitrogen and oxygen atoms in total. The smallest absolute Gasteiger partial charge is 0.0716 e. The Morgan fingerprint density at radius 2 is 2.22 bits per heavy atom. The van der Waals surface area contributed by atoms with Crippen LogP contribution in [0.15, 0.2) is 28.3 Å². The third-order valence-electron chi connectivity index (χ3n) is 6.27. The summed E-state index contributed by atoms with van der Waals surface area (Å²) < 4.78 is 0. The molecular formula is C21H33NS. The van der Waals surface area contributed by atoms with Gasteiger partial charge < -0.3 is 0 Å². The van der Waals surface area contributed by atoms with Gasteiger partial charge in [0.05, 0.1) is 10.7 Å². The van der Waals surface area contributed by atoms with E-state index in [4.69, 9.17) is 12.2 Å². The number of allylic oxidation sites excluding steroid dienone is 4. The maximum absolute atomic E-state index is 4.95. The molecule has 2 aliphatic carbocycles. The second-order valence-corrected chi connectivity index (χ2v) is 8.52. The van der Waals surface area contributed by atoms with E-state index in [1.165, 1.54) is 44.1 Å². The Morgan fingerprint density at radius 3 is 2.87 bits per heavy atom. The predicted octanol–water partition coefficient (Wildman–Crippen LogP) is 6.61. The monoisotopic (exact) mass is 331 g/mol. The van der Waals surface area contributed by atoms with E-state index in [2.05, 4.69) is 56.9 Å². The molecule has 1 saturated carbocycles. The molecule has 0 aromatic carbocycles. The summed E-state index contributed by atoms with van der Waals surface area (Å²) in [5, 5.41) is 2.69. The molecule has 23 heavy (non-hydrogen) atoms. The topological polar surface area (TPSA) is 12.4 Å². The van der Waals surface area contributed by atoms with Crippen molar-refractivity contribution in [1.29, 1.82) is 0 Å². The van der Waals surface area contributed by atoms with Gasteiger partial charge in [0.2, 0.25) is 0 Å². The molecule has 0 radical (unpaired) electrons. The SMILES string of the molecule is CC(C)=CCC[C@@H](C)[C@H]1CC[C@](C)(N=C=S)[C@H]2CCC(C)=C[C@H]12. The van der Waals surface area contributed by atoms with Crippen LogP contribution >= 0.6 is 12.2 Å². The first-order chi connectivity index (χ1) is 10.9. The number of hydrogen-bond acceptors (Lipinski definition) is 2. The molecule has 0 N–H and O–H groups in total. The van der Waals surface area contributed by atoms with Crippen LogP contribution in [0.2, 0.25) is 0 Å². The van der Waals surface area contributed by atoms with Crippen LogP contribution in [0.25, 0.3) is 0 Å². The Hall–Kier alpha value is -0.720. The van der Waals surface area contributed by atoms with E-state index < -0.39 is 0 Å². The number of fused-ring (bicyclic) bond motifs is 1. The molecule has 0 amide bonds. The number of isothiocyanates is 1. The van der Waals surface area contributed by atoms with Crippen molar-refractivity contribution in [3.8, 4) is 0 Å². The highest BCUT2D eigenvalue weighted by Gasteiger charge is 2.47. The second-order valence-electron chi connectivity index (χ2n) is 8.33. The summed E-state index contributed by atoms with van der Waals surface area (Å²) in [7, 11) is 0. The van der Waals surface area contributed by atoms with Crippen molar-refractivity contribution in [3.63, 3.8) is 0 Å². The van der Waals surface area contributed by atoms with E-state index in [9.17, 15) is 0 Å². The van der Waals surface area contributed by atoms with Crippen LogP contribution in [0.4, 0.5) is 0 Å². The number of rotatable bonds is 5. The van der Waals surface area contributed by atoms with E-state index in [0.717, 1.165) is 11.8 Å². The normalized spacial score (nSPS) is 34.7. The maximum atomic E-state index is 4.95. The molecule has 0 saturated heterocycles. The van der Waals surface area contributed by atoms with E-state index in [-0.39, 0.29) is 5.54 Å². The highest BCUT2D eigenvalue weighted by molar-refractivity contribution is 7.78. The first-order valence-corrected chi connectivity index (χ1v) is 9.68. The summed E-state index contributed by atoms with van der Waals surface area (Å²) in [6.07, 6.45) is 12.4. The van der Waals surface area contributed by atoms with Crippen LogP contribution < -0.4 is 0 Å². The first-order valence-electron chi connectivity index (χ1n) is 9.27. The lowest BCUT2D eigenvalue weighted by Crippen LogP contribution is -2.47. The lowest BCUT2D eigenvalue weighted by molar-refractivity contribution is 0.0619. The molecule has 0 aromatic rings. The van der Waals surface area contributed by atoms with Gasteiger partial charge in [-0.05, 0) is 102 Å². The van der Waals surface area contributed by atoms with Crippen LogP contribution in [0.3, 0.4) is 0 Å². The average molecular weight is 332 g/mol. The van der Waals surface area contributed by atoms with Gasteiger partial charge in [0, 0.05) is 0 Å². The summed E-state index contributed by atoms with van der Waals surface area (Å²) in [6, 6.07) is 0. The fourth-order valence-electron chi connectivity index (χ4n) is 4.84. The van der Waals surface area contributed by atoms with Crippen molar-refractivity contribution in [2.45, 2.75) is 78.7 Å². The number of nitrogens with zero attached hydrogens (tertiary/aromatic N) is 1. The van der Waals surface area contributed by atoms with Gasteiger partial charge in [0.1, 0.15) is 0 Å². The molecule has 0 aliphatic heterocycles. The molecule has 0 spiro atoms. The van der Waals surface area contributed by atoms with Crippen LogP contribution in [0, 0.1) is 23.7 Å². The molecular weight excluding hydrogens is 298 g/mol. The third-order valence-corrected chi connectivity index (χ3v) is 6.37. The van der Waals surface area contributed by atoms with Gasteiger partial charge in [0.25, 0.3) is 0 Å². The van der Waals surface area contributed by atoms with Crippen molar-refractivity contribution in [3.05, 3.63) is 23.3 Å². The van der Waals surface area contributed by atoms with Gasteiger partial charge >= 0.3 is 0 Å². The van der Waals surface area contributed by atoms with E-state index >= 15 is 0 Å². The summed E-state index contributed by atoms with van der Waals surface area (Å²) >= 11 is 4.95. The number of aliphatic imine (C=N–C) groups is 1. The van der Waals surface area contributed by atoms with E-state index in [0.29, 0.717) is 11.8 Å². The van der Waals surface area contributed by atoms with Gasteiger partial charge in [-0.1, -0.05) is 30.2 Å². The Labute approximate surface area is 148 Å².